The molecule has 0 spiro atoms. The molecule has 88 valence electrons. The summed E-state index contributed by atoms with van der Waals surface area (Å²) in [5.41, 5.74) is 6.56. The number of hydrogen-bond donors (Lipinski definition) is 1. The van der Waals surface area contributed by atoms with Crippen LogP contribution in [0.5, 0.6) is 5.75 Å². The van der Waals surface area contributed by atoms with Crippen LogP contribution in [0.4, 0.5) is 13.2 Å². The molecule has 0 bridgehead atoms. The molecule has 1 aromatic rings. The molecule has 2 rings (SSSR count). The van der Waals surface area contributed by atoms with E-state index in [4.69, 9.17) is 5.73 Å². The van der Waals surface area contributed by atoms with Crippen LogP contribution in [0, 0.1) is 0 Å². The highest BCUT2D eigenvalue weighted by molar-refractivity contribution is 5.33. The molecule has 0 heterocycles. The third-order valence-corrected chi connectivity index (χ3v) is 2.91. The van der Waals surface area contributed by atoms with Gasteiger partial charge in [-0.3, -0.25) is 0 Å². The summed E-state index contributed by atoms with van der Waals surface area (Å²) in [5, 5.41) is 0. The van der Waals surface area contributed by atoms with Crippen LogP contribution in [0.15, 0.2) is 24.3 Å². The molecule has 2 nitrogen and oxygen atoms in total. The fourth-order valence-electron chi connectivity index (χ4n) is 1.83. The molecule has 2 N–H and O–H groups in total. The van der Waals surface area contributed by atoms with Gasteiger partial charge in [0.05, 0.1) is 0 Å². The largest absolute Gasteiger partial charge is 0.573 e. The minimum absolute atomic E-state index is 0.209. The van der Waals surface area contributed by atoms with E-state index in [1.165, 1.54) is 12.1 Å². The van der Waals surface area contributed by atoms with Gasteiger partial charge in [0.15, 0.2) is 0 Å². The Morgan fingerprint density at radius 1 is 1.12 bits per heavy atom. The van der Waals surface area contributed by atoms with Gasteiger partial charge in [-0.15, -0.1) is 13.2 Å². The van der Waals surface area contributed by atoms with Crippen molar-refractivity contribution < 1.29 is 17.9 Å². The van der Waals surface area contributed by atoms with Gasteiger partial charge >= 0.3 is 6.36 Å². The Bertz CT molecular complexity index is 368. The molecule has 0 aliphatic heterocycles. The van der Waals surface area contributed by atoms with Gasteiger partial charge < -0.3 is 10.5 Å². The first-order valence-corrected chi connectivity index (χ1v) is 5.04. The molecule has 0 aromatic heterocycles. The molecule has 1 saturated carbocycles. The van der Waals surface area contributed by atoms with Crippen molar-refractivity contribution in [3.63, 3.8) is 0 Å². The van der Waals surface area contributed by atoms with E-state index in [2.05, 4.69) is 4.74 Å². The van der Waals surface area contributed by atoms with Crippen molar-refractivity contribution in [3.8, 4) is 5.75 Å². The predicted octanol–water partition coefficient (Wildman–Crippen LogP) is 2.92. The second-order valence-electron chi connectivity index (χ2n) is 4.08. The minimum atomic E-state index is -4.64. The number of alkyl halides is 3. The lowest BCUT2D eigenvalue weighted by atomic mass is 9.73. The van der Waals surface area contributed by atoms with Gasteiger partial charge in [-0.1, -0.05) is 12.1 Å². The number of nitrogens with two attached hydrogens (primary N) is 1. The minimum Gasteiger partial charge on any atom is -0.406 e. The quantitative estimate of drug-likeness (QED) is 0.849. The molecular weight excluding hydrogens is 219 g/mol. The molecule has 0 atom stereocenters. The Hall–Kier alpha value is -1.23. The van der Waals surface area contributed by atoms with Crippen molar-refractivity contribution in [3.05, 3.63) is 29.8 Å². The Morgan fingerprint density at radius 3 is 2.06 bits per heavy atom. The predicted molar refractivity (Wildman–Crippen MR) is 52.8 cm³/mol. The normalized spacial score (nSPS) is 19.0. The van der Waals surface area contributed by atoms with Crippen molar-refractivity contribution in [2.24, 2.45) is 5.73 Å². The van der Waals surface area contributed by atoms with Crippen LogP contribution in [-0.2, 0) is 5.54 Å². The molecule has 1 aliphatic carbocycles. The maximum Gasteiger partial charge on any atom is 0.573 e. The van der Waals surface area contributed by atoms with Crippen molar-refractivity contribution in [1.29, 1.82) is 0 Å². The van der Waals surface area contributed by atoms with E-state index in [1.54, 1.807) is 12.1 Å². The topological polar surface area (TPSA) is 35.2 Å². The first-order chi connectivity index (χ1) is 7.39. The summed E-state index contributed by atoms with van der Waals surface area (Å²) in [7, 11) is 0. The summed E-state index contributed by atoms with van der Waals surface area (Å²) in [6, 6.07) is 5.80. The Balaban J connectivity index is 2.10. The van der Waals surface area contributed by atoms with Crippen LogP contribution in [0.2, 0.25) is 0 Å². The Labute approximate surface area is 91.2 Å². The van der Waals surface area contributed by atoms with Gasteiger partial charge in [0.25, 0.3) is 0 Å². The second kappa shape index (κ2) is 3.66. The standard InChI is InChI=1S/C11H12F3NO/c12-11(13,14)16-9-4-2-8(3-5-9)10(15)6-1-7-10/h2-5H,1,6-7,15H2. The number of halogens is 3. The molecule has 0 amide bonds. The third-order valence-electron chi connectivity index (χ3n) is 2.91. The molecule has 5 heteroatoms. The van der Waals surface area contributed by atoms with E-state index < -0.39 is 6.36 Å². The molecular formula is C11H12F3NO. The SMILES string of the molecule is NC1(c2ccc(OC(F)(F)F)cc2)CCC1. The fourth-order valence-corrected chi connectivity index (χ4v) is 1.83. The highest BCUT2D eigenvalue weighted by Gasteiger charge is 2.35. The molecule has 0 saturated heterocycles. The summed E-state index contributed by atoms with van der Waals surface area (Å²) in [6.45, 7) is 0. The summed E-state index contributed by atoms with van der Waals surface area (Å²) in [4.78, 5) is 0. The average molecular weight is 231 g/mol. The van der Waals surface area contributed by atoms with Crippen LogP contribution in [-0.4, -0.2) is 6.36 Å². The van der Waals surface area contributed by atoms with Crippen molar-refractivity contribution >= 4 is 0 Å². The van der Waals surface area contributed by atoms with Gasteiger partial charge in [-0.25, -0.2) is 0 Å². The van der Waals surface area contributed by atoms with Gasteiger partial charge in [-0.05, 0) is 37.0 Å². The zero-order valence-electron chi connectivity index (χ0n) is 8.55. The van der Waals surface area contributed by atoms with Gasteiger partial charge in [0, 0.05) is 5.54 Å². The second-order valence-corrected chi connectivity index (χ2v) is 4.08. The lowest BCUT2D eigenvalue weighted by molar-refractivity contribution is -0.274. The van der Waals surface area contributed by atoms with Gasteiger partial charge in [0.2, 0.25) is 0 Å². The summed E-state index contributed by atoms with van der Waals surface area (Å²) >= 11 is 0. The molecule has 16 heavy (non-hydrogen) atoms. The third kappa shape index (κ3) is 2.29. The number of ether oxygens (including phenoxy) is 1. The first-order valence-electron chi connectivity index (χ1n) is 5.04. The monoisotopic (exact) mass is 231 g/mol. The maximum absolute atomic E-state index is 11.9. The van der Waals surface area contributed by atoms with Crippen LogP contribution < -0.4 is 10.5 Å². The van der Waals surface area contributed by atoms with E-state index in [9.17, 15) is 13.2 Å². The van der Waals surface area contributed by atoms with Crippen molar-refractivity contribution in [2.75, 3.05) is 0 Å². The zero-order chi connectivity index (χ0) is 11.8. The first kappa shape index (κ1) is 11.3. The highest BCUT2D eigenvalue weighted by Crippen LogP contribution is 2.39. The van der Waals surface area contributed by atoms with Gasteiger partial charge in [0.1, 0.15) is 5.75 Å². The maximum atomic E-state index is 11.9. The Kier molecular flexibility index (Phi) is 2.58. The lowest BCUT2D eigenvalue weighted by Crippen LogP contribution is -2.43. The average Bonchev–Trinajstić information content (AvgIpc) is 2.13. The van der Waals surface area contributed by atoms with E-state index in [-0.39, 0.29) is 11.3 Å². The Morgan fingerprint density at radius 2 is 1.69 bits per heavy atom. The van der Waals surface area contributed by atoms with Crippen LogP contribution >= 0.6 is 0 Å². The molecule has 1 aromatic carbocycles. The van der Waals surface area contributed by atoms with Gasteiger partial charge in [-0.2, -0.15) is 0 Å². The number of rotatable bonds is 2. The summed E-state index contributed by atoms with van der Waals surface area (Å²) in [6.07, 6.45) is -1.81. The van der Waals surface area contributed by atoms with Crippen molar-refractivity contribution in [1.82, 2.24) is 0 Å². The highest BCUT2D eigenvalue weighted by atomic mass is 19.4. The molecule has 0 radical (unpaired) electrons. The fraction of sp³-hybridized carbons (Fsp3) is 0.455. The molecule has 1 fully saturated rings. The van der Waals surface area contributed by atoms with Crippen molar-refractivity contribution in [2.45, 2.75) is 31.2 Å². The molecule has 0 unspecified atom stereocenters. The summed E-state index contributed by atoms with van der Waals surface area (Å²) in [5.74, 6) is -0.209. The van der Waals surface area contributed by atoms with Crippen LogP contribution in [0.1, 0.15) is 24.8 Å². The van der Waals surface area contributed by atoms with E-state index in [0.29, 0.717) is 0 Å². The lowest BCUT2D eigenvalue weighted by Gasteiger charge is -2.38. The van der Waals surface area contributed by atoms with E-state index in [1.807, 2.05) is 0 Å². The van der Waals surface area contributed by atoms with E-state index in [0.717, 1.165) is 24.8 Å². The summed E-state index contributed by atoms with van der Waals surface area (Å²) < 4.78 is 39.5. The number of hydrogen-bond acceptors (Lipinski definition) is 2. The smallest absolute Gasteiger partial charge is 0.406 e. The number of benzene rings is 1. The zero-order valence-corrected chi connectivity index (χ0v) is 8.55. The van der Waals surface area contributed by atoms with Crippen LogP contribution in [0.3, 0.4) is 0 Å². The molecule has 1 aliphatic rings. The van der Waals surface area contributed by atoms with Crippen LogP contribution in [0.25, 0.3) is 0 Å². The van der Waals surface area contributed by atoms with E-state index >= 15 is 0 Å².